The molecule has 0 radical (unpaired) electrons. The van der Waals surface area contributed by atoms with Crippen molar-refractivity contribution in [2.75, 3.05) is 82.6 Å². The van der Waals surface area contributed by atoms with Gasteiger partial charge in [0.1, 0.15) is 36.0 Å². The molecule has 2 rings (SSSR count). The molecule has 0 aromatic rings. The molecule has 92 heavy (non-hydrogen) atoms. The maximum Gasteiger partial charge on any atom is 0.246 e. The third kappa shape index (κ3) is 22.6. The SMILES string of the molecule is C/C=C/C[C@@H](C)[C@@H](O)[C@H]1C(=O)N[C@@H](CC)C(=O)N(C)[C@H](C)C(=O)N(C)[C@@H]([C@H](CN2CCCC2)OC)C(=O)C[C@@H](C(C)C)C(=O)N(C)[C@@H](CC(C)C)C(=O)C[C@@H](C)C(=O)C[C@H](C)C(=O)N(C)[C@@H](CC(C)C)C(=O)CN(C)[C@@H](CC(C)C)C(=O)N(C)[C@@H](C(C)C)C(=O)N1C. The van der Waals surface area contributed by atoms with Gasteiger partial charge in [-0.3, -0.25) is 57.6 Å². The number of carbonyl (C=O) groups excluding carboxylic acids is 11. The fourth-order valence-electron chi connectivity index (χ4n) is 13.1. The Balaban J connectivity index is 3.03. The van der Waals surface area contributed by atoms with Gasteiger partial charge in [0.05, 0.1) is 36.9 Å². The first-order valence-corrected chi connectivity index (χ1v) is 34.0. The lowest BCUT2D eigenvalue weighted by atomic mass is 9.84. The van der Waals surface area contributed by atoms with Crippen LogP contribution in [0.2, 0.25) is 0 Å². The van der Waals surface area contributed by atoms with E-state index in [1.165, 1.54) is 80.8 Å². The second-order valence-electron chi connectivity index (χ2n) is 29.0. The molecule has 0 spiro atoms. The number of allylic oxidation sites excluding steroid dienone is 2. The van der Waals surface area contributed by atoms with Crippen molar-refractivity contribution in [3.63, 3.8) is 0 Å². The van der Waals surface area contributed by atoms with Crippen LogP contribution >= 0.6 is 0 Å². The lowest BCUT2D eigenvalue weighted by Crippen LogP contribution is -2.63. The number of hydrogen-bond donors (Lipinski definition) is 2. The Morgan fingerprint density at radius 1 is 0.533 bits per heavy atom. The summed E-state index contributed by atoms with van der Waals surface area (Å²) >= 11 is 0. The van der Waals surface area contributed by atoms with Gasteiger partial charge in [-0.1, -0.05) is 109 Å². The van der Waals surface area contributed by atoms with Crippen molar-refractivity contribution in [1.82, 2.24) is 44.5 Å². The molecule has 7 amide bonds. The number of likely N-dealkylation sites (tertiary alicyclic amines) is 1. The first kappa shape index (κ1) is 82.6. The number of ketones is 4. The summed E-state index contributed by atoms with van der Waals surface area (Å²) in [4.78, 5) is 175. The number of likely N-dealkylation sites (N-methyl/N-ethyl adjacent to an activating group) is 7. The topological polar surface area (TPSA) is 255 Å². The van der Waals surface area contributed by atoms with Gasteiger partial charge in [0.15, 0.2) is 17.3 Å². The van der Waals surface area contributed by atoms with Gasteiger partial charge in [-0.25, -0.2) is 0 Å². The monoisotopic (exact) mass is 1300 g/mol. The van der Waals surface area contributed by atoms with Gasteiger partial charge >= 0.3 is 0 Å². The normalized spacial score (nSPS) is 28.5. The van der Waals surface area contributed by atoms with Gasteiger partial charge in [0, 0.05) is 93.0 Å². The third-order valence-electron chi connectivity index (χ3n) is 19.2. The lowest BCUT2D eigenvalue weighted by molar-refractivity contribution is -0.155. The van der Waals surface area contributed by atoms with Crippen LogP contribution in [0.5, 0.6) is 0 Å². The van der Waals surface area contributed by atoms with E-state index in [1.807, 2.05) is 68.4 Å². The van der Waals surface area contributed by atoms with Crippen LogP contribution in [0, 0.1) is 53.3 Å². The summed E-state index contributed by atoms with van der Waals surface area (Å²) in [5.74, 6) is -10.3. The quantitative estimate of drug-likeness (QED) is 0.158. The highest BCUT2D eigenvalue weighted by atomic mass is 16.5. The Hall–Kier alpha value is -5.45. The number of rotatable bonds is 17. The van der Waals surface area contributed by atoms with Gasteiger partial charge in [-0.15, -0.1) is 0 Å². The smallest absolute Gasteiger partial charge is 0.246 e. The molecule has 0 aromatic carbocycles. The Labute approximate surface area is 553 Å². The van der Waals surface area contributed by atoms with Crippen molar-refractivity contribution in [2.24, 2.45) is 53.3 Å². The lowest BCUT2D eigenvalue weighted by Gasteiger charge is -2.41. The number of amides is 7. The van der Waals surface area contributed by atoms with E-state index in [4.69, 9.17) is 4.74 Å². The Kier molecular flexibility index (Phi) is 34.3. The minimum atomic E-state index is -1.60. The summed E-state index contributed by atoms with van der Waals surface area (Å²) in [6.45, 7) is 30.2. The van der Waals surface area contributed by atoms with Crippen LogP contribution in [0.1, 0.15) is 175 Å². The molecular formula is C70H123N9O13. The van der Waals surface area contributed by atoms with E-state index >= 15 is 24.0 Å². The highest BCUT2D eigenvalue weighted by Crippen LogP contribution is 2.29. The minimum absolute atomic E-state index is 0.0197. The third-order valence-corrected chi connectivity index (χ3v) is 19.2. The number of methoxy groups -OCH3 is 1. The predicted octanol–water partition coefficient (Wildman–Crippen LogP) is 6.04. The average molecular weight is 1300 g/mol. The van der Waals surface area contributed by atoms with Crippen LogP contribution in [0.4, 0.5) is 0 Å². The highest BCUT2D eigenvalue weighted by molar-refractivity contribution is 5.99. The molecule has 22 nitrogen and oxygen atoms in total. The number of nitrogens with zero attached hydrogens (tertiary/aromatic N) is 8. The Morgan fingerprint density at radius 2 is 1.02 bits per heavy atom. The van der Waals surface area contributed by atoms with Gasteiger partial charge in [-0.2, -0.15) is 0 Å². The van der Waals surface area contributed by atoms with Gasteiger partial charge in [0.2, 0.25) is 41.4 Å². The van der Waals surface area contributed by atoms with Crippen molar-refractivity contribution >= 4 is 64.5 Å². The first-order valence-electron chi connectivity index (χ1n) is 34.0. The van der Waals surface area contributed by atoms with E-state index in [-0.39, 0.29) is 93.1 Å². The van der Waals surface area contributed by atoms with Crippen LogP contribution in [-0.4, -0.2) is 252 Å². The van der Waals surface area contributed by atoms with Gasteiger partial charge < -0.3 is 49.5 Å². The Morgan fingerprint density at radius 3 is 1.51 bits per heavy atom. The summed E-state index contributed by atoms with van der Waals surface area (Å²) in [6.07, 6.45) is 3.44. The molecule has 22 heteroatoms. The van der Waals surface area contributed by atoms with E-state index in [0.717, 1.165) is 30.8 Å². The molecule has 0 aliphatic carbocycles. The van der Waals surface area contributed by atoms with Crippen molar-refractivity contribution in [3.05, 3.63) is 12.2 Å². The predicted molar refractivity (Wildman–Crippen MR) is 358 cm³/mol. The molecule has 0 bridgehead atoms. The Bertz CT molecular complexity index is 2510. The molecule has 0 aromatic heterocycles. The summed E-state index contributed by atoms with van der Waals surface area (Å²) in [5, 5.41) is 15.0. The number of Topliss-reactive ketones (excluding diaryl/α,β-unsaturated/α-hetero) is 4. The van der Waals surface area contributed by atoms with E-state index in [9.17, 15) is 33.9 Å². The van der Waals surface area contributed by atoms with E-state index in [1.54, 1.807) is 59.6 Å². The summed E-state index contributed by atoms with van der Waals surface area (Å²) < 4.78 is 6.09. The van der Waals surface area contributed by atoms with Crippen molar-refractivity contribution in [1.29, 1.82) is 0 Å². The van der Waals surface area contributed by atoms with Gasteiger partial charge in [-0.05, 0) is 114 Å². The summed E-state index contributed by atoms with van der Waals surface area (Å²) in [7, 11) is 11.9. The van der Waals surface area contributed by atoms with E-state index in [0.29, 0.717) is 6.42 Å². The fourth-order valence-corrected chi connectivity index (χ4v) is 13.1. The minimum Gasteiger partial charge on any atom is -0.390 e. The largest absolute Gasteiger partial charge is 0.390 e. The van der Waals surface area contributed by atoms with Crippen LogP contribution in [0.25, 0.3) is 0 Å². The molecule has 2 N–H and O–H groups in total. The van der Waals surface area contributed by atoms with Crippen molar-refractivity contribution < 1.29 is 62.6 Å². The maximum atomic E-state index is 15.3. The molecule has 2 fully saturated rings. The molecule has 2 saturated heterocycles. The summed E-state index contributed by atoms with van der Waals surface area (Å²) in [6, 6.07) is -9.46. The zero-order valence-electron chi connectivity index (χ0n) is 60.9. The van der Waals surface area contributed by atoms with Crippen LogP contribution in [0.3, 0.4) is 0 Å². The number of hydrogen-bond acceptors (Lipinski definition) is 15. The fraction of sp³-hybridized carbons (Fsp3) is 0.814. The molecule has 0 unspecified atom stereocenters. The molecule has 2 heterocycles. The van der Waals surface area contributed by atoms with Crippen molar-refractivity contribution in [3.8, 4) is 0 Å². The van der Waals surface area contributed by atoms with Crippen LogP contribution < -0.4 is 5.32 Å². The zero-order chi connectivity index (χ0) is 70.7. The van der Waals surface area contributed by atoms with Crippen molar-refractivity contribution in [2.45, 2.75) is 236 Å². The molecule has 2 aliphatic rings. The molecular weight excluding hydrogens is 1170 g/mol. The number of nitrogens with one attached hydrogen (secondary N) is 1. The second kappa shape index (κ2) is 38.2. The van der Waals surface area contributed by atoms with Crippen LogP contribution in [-0.2, 0) is 57.5 Å². The zero-order valence-corrected chi connectivity index (χ0v) is 60.9. The average Bonchev–Trinajstić information content (AvgIpc) is 0.863. The van der Waals surface area contributed by atoms with E-state index < -0.39 is 143 Å². The molecule has 0 saturated carbocycles. The number of ether oxygens (including phenoxy) is 1. The molecule has 2 aliphatic heterocycles. The first-order chi connectivity index (χ1) is 42.7. The second-order valence-corrected chi connectivity index (χ2v) is 29.0. The molecule has 526 valence electrons. The summed E-state index contributed by atoms with van der Waals surface area (Å²) in [5.41, 5.74) is 0. The standard InChI is InChI=1S/C70H123N9O13/c1-25-27-30-46(13)63(84)62-64(85)71-51(26-2)68(89)73(18)49(16)66(87)77(22)61(59(92-24)40-79-31-28-29-32-79)57(82)38-50(44(9)10)67(88)75(20)52(33-41(3)4)56(81)36-47(14)55(80)37-48(15)65(86)74(19)53(34-42(5)6)58(83)39-72(17)54(35-43(7)8)69(90)76(21)60(45(11)12)70(91)78(62)23/h25,27,41-54,59-63,84H,26,28-40H2,1-24H3,(H,71,85)/b27-25+/t46-,47-,48+,49-,50+,51+,52+,53+,54+,59+,60+,61-,62+,63-/m1/s1. The van der Waals surface area contributed by atoms with Gasteiger partial charge in [0.25, 0.3) is 0 Å². The number of carbonyl (C=O) groups is 11. The highest BCUT2D eigenvalue weighted by Gasteiger charge is 2.46. The van der Waals surface area contributed by atoms with Crippen LogP contribution in [0.15, 0.2) is 12.2 Å². The number of aliphatic hydroxyl groups excluding tert-OH is 1. The van der Waals surface area contributed by atoms with E-state index in [2.05, 4.69) is 10.2 Å². The molecule has 14 atom stereocenters. The number of aliphatic hydroxyl groups is 1. The maximum absolute atomic E-state index is 15.3.